The number of hydrogen-bond donors (Lipinski definition) is 2. The average Bonchev–Trinajstić information content (AvgIpc) is 3.12. The molecule has 1 aromatic heterocycles. The number of carbonyl (C=O) groups excluding carboxylic acids is 1. The number of nitrogens with zero attached hydrogens (tertiary/aromatic N) is 3. The SMILES string of the molecule is CCNC(=NCc1ccc(C(=O)N(CC)CC)cc1)NCCc1ncc(C)s1. The third kappa shape index (κ3) is 6.64. The first kappa shape index (κ1) is 21.9. The lowest BCUT2D eigenvalue weighted by Gasteiger charge is -2.18. The highest BCUT2D eigenvalue weighted by molar-refractivity contribution is 7.11. The molecule has 1 amide bonds. The van der Waals surface area contributed by atoms with Gasteiger partial charge in [-0.3, -0.25) is 4.79 Å². The predicted octanol–water partition coefficient (Wildman–Crippen LogP) is 3.23. The normalized spacial score (nSPS) is 11.4. The lowest BCUT2D eigenvalue weighted by Crippen LogP contribution is -2.38. The summed E-state index contributed by atoms with van der Waals surface area (Å²) >= 11 is 1.73. The molecule has 0 aliphatic carbocycles. The molecule has 1 aromatic carbocycles. The smallest absolute Gasteiger partial charge is 0.253 e. The summed E-state index contributed by atoms with van der Waals surface area (Å²) in [5.74, 6) is 0.867. The van der Waals surface area contributed by atoms with Gasteiger partial charge >= 0.3 is 0 Å². The fraction of sp³-hybridized carbons (Fsp3) is 0.476. The van der Waals surface area contributed by atoms with E-state index in [-0.39, 0.29) is 5.91 Å². The number of carbonyl (C=O) groups is 1. The molecule has 0 saturated heterocycles. The second-order valence-corrected chi connectivity index (χ2v) is 7.73. The van der Waals surface area contributed by atoms with Crippen LogP contribution in [0.5, 0.6) is 0 Å². The summed E-state index contributed by atoms with van der Waals surface area (Å²) in [4.78, 5) is 24.5. The first-order chi connectivity index (χ1) is 13.6. The van der Waals surface area contributed by atoms with Gasteiger partial charge in [-0.25, -0.2) is 9.98 Å². The Morgan fingerprint density at radius 1 is 1.14 bits per heavy atom. The molecule has 0 unspecified atom stereocenters. The molecule has 6 nitrogen and oxygen atoms in total. The number of thiazole rings is 1. The van der Waals surface area contributed by atoms with Crippen LogP contribution in [0, 0.1) is 6.92 Å². The largest absolute Gasteiger partial charge is 0.357 e. The highest BCUT2D eigenvalue weighted by atomic mass is 32.1. The van der Waals surface area contributed by atoms with Crippen molar-refractivity contribution in [2.45, 2.75) is 40.7 Å². The van der Waals surface area contributed by atoms with Gasteiger partial charge in [0.25, 0.3) is 5.91 Å². The van der Waals surface area contributed by atoms with E-state index in [0.717, 1.165) is 54.7 Å². The number of aromatic nitrogens is 1. The lowest BCUT2D eigenvalue weighted by molar-refractivity contribution is 0.0773. The maximum atomic E-state index is 12.4. The van der Waals surface area contributed by atoms with Crippen molar-refractivity contribution in [2.24, 2.45) is 4.99 Å². The molecule has 0 aliphatic heterocycles. The molecule has 0 aliphatic rings. The molecule has 2 aromatic rings. The van der Waals surface area contributed by atoms with Crippen molar-refractivity contribution in [2.75, 3.05) is 26.2 Å². The lowest BCUT2D eigenvalue weighted by atomic mass is 10.1. The minimum Gasteiger partial charge on any atom is -0.357 e. The van der Waals surface area contributed by atoms with Crippen LogP contribution in [0.2, 0.25) is 0 Å². The number of rotatable bonds is 9. The van der Waals surface area contributed by atoms with E-state index >= 15 is 0 Å². The number of aryl methyl sites for hydroxylation is 1. The van der Waals surface area contributed by atoms with E-state index in [4.69, 9.17) is 0 Å². The van der Waals surface area contributed by atoms with Crippen molar-refractivity contribution >= 4 is 23.2 Å². The van der Waals surface area contributed by atoms with Gasteiger partial charge in [0.2, 0.25) is 0 Å². The van der Waals surface area contributed by atoms with Crippen LogP contribution in [0.4, 0.5) is 0 Å². The minimum absolute atomic E-state index is 0.0764. The van der Waals surface area contributed by atoms with Crippen LogP contribution in [0.25, 0.3) is 0 Å². The van der Waals surface area contributed by atoms with Crippen LogP contribution >= 0.6 is 11.3 Å². The van der Waals surface area contributed by atoms with E-state index in [1.807, 2.05) is 49.2 Å². The Kier molecular flexibility index (Phi) is 8.94. The second-order valence-electron chi connectivity index (χ2n) is 6.41. The molecule has 7 heteroatoms. The average molecular weight is 402 g/mol. The summed E-state index contributed by atoms with van der Waals surface area (Å²) in [6, 6.07) is 7.72. The number of aliphatic imine (C=N–C) groups is 1. The van der Waals surface area contributed by atoms with Gasteiger partial charge in [-0.2, -0.15) is 0 Å². The van der Waals surface area contributed by atoms with Crippen molar-refractivity contribution in [1.82, 2.24) is 20.5 Å². The molecule has 0 atom stereocenters. The molecular formula is C21H31N5OS. The van der Waals surface area contributed by atoms with E-state index in [1.165, 1.54) is 4.88 Å². The summed E-state index contributed by atoms with van der Waals surface area (Å²) in [6.45, 7) is 11.7. The van der Waals surface area contributed by atoms with Crippen LogP contribution in [-0.4, -0.2) is 47.9 Å². The van der Waals surface area contributed by atoms with Gasteiger partial charge in [0.05, 0.1) is 11.6 Å². The maximum absolute atomic E-state index is 12.4. The van der Waals surface area contributed by atoms with Crippen LogP contribution in [-0.2, 0) is 13.0 Å². The molecule has 0 fully saturated rings. The number of benzene rings is 1. The number of hydrogen-bond acceptors (Lipinski definition) is 4. The summed E-state index contributed by atoms with van der Waals surface area (Å²) < 4.78 is 0. The van der Waals surface area contributed by atoms with E-state index in [0.29, 0.717) is 6.54 Å². The summed E-state index contributed by atoms with van der Waals surface area (Å²) in [6.07, 6.45) is 2.79. The number of amides is 1. The van der Waals surface area contributed by atoms with Crippen molar-refractivity contribution in [3.8, 4) is 0 Å². The zero-order valence-electron chi connectivity index (χ0n) is 17.3. The Morgan fingerprint density at radius 2 is 1.86 bits per heavy atom. The maximum Gasteiger partial charge on any atom is 0.253 e. The predicted molar refractivity (Wildman–Crippen MR) is 117 cm³/mol. The fourth-order valence-electron chi connectivity index (χ4n) is 2.76. The highest BCUT2D eigenvalue weighted by Gasteiger charge is 2.11. The topological polar surface area (TPSA) is 69.6 Å². The molecule has 0 spiro atoms. The number of guanidine groups is 1. The van der Waals surface area contributed by atoms with Gasteiger partial charge in [0.1, 0.15) is 0 Å². The van der Waals surface area contributed by atoms with Gasteiger partial charge in [-0.1, -0.05) is 12.1 Å². The molecule has 1 heterocycles. The second kappa shape index (κ2) is 11.4. The van der Waals surface area contributed by atoms with Gasteiger partial charge in [-0.15, -0.1) is 11.3 Å². The van der Waals surface area contributed by atoms with E-state index in [9.17, 15) is 4.79 Å². The molecule has 0 bridgehead atoms. The Bertz CT molecular complexity index is 765. The minimum atomic E-state index is 0.0764. The van der Waals surface area contributed by atoms with Crippen LogP contribution < -0.4 is 10.6 Å². The summed E-state index contributed by atoms with van der Waals surface area (Å²) in [5.41, 5.74) is 1.80. The van der Waals surface area contributed by atoms with Crippen molar-refractivity contribution in [1.29, 1.82) is 0 Å². The molecule has 0 radical (unpaired) electrons. The van der Waals surface area contributed by atoms with Gasteiger partial charge in [-0.05, 0) is 45.4 Å². The third-order valence-electron chi connectivity index (χ3n) is 4.32. The van der Waals surface area contributed by atoms with E-state index in [2.05, 4.69) is 34.5 Å². The monoisotopic (exact) mass is 401 g/mol. The zero-order chi connectivity index (χ0) is 20.4. The van der Waals surface area contributed by atoms with Gasteiger partial charge < -0.3 is 15.5 Å². The molecule has 0 saturated carbocycles. The van der Waals surface area contributed by atoms with Crippen molar-refractivity contribution in [3.63, 3.8) is 0 Å². The number of nitrogens with one attached hydrogen (secondary N) is 2. The van der Waals surface area contributed by atoms with Gasteiger partial charge in [0, 0.05) is 49.2 Å². The molecule has 152 valence electrons. The Hall–Kier alpha value is -2.41. The Morgan fingerprint density at radius 3 is 2.43 bits per heavy atom. The van der Waals surface area contributed by atoms with Crippen LogP contribution in [0.1, 0.15) is 46.6 Å². The van der Waals surface area contributed by atoms with E-state index < -0.39 is 0 Å². The molecular weight excluding hydrogens is 370 g/mol. The third-order valence-corrected chi connectivity index (χ3v) is 5.29. The molecule has 28 heavy (non-hydrogen) atoms. The molecule has 2 N–H and O–H groups in total. The first-order valence-electron chi connectivity index (χ1n) is 9.89. The van der Waals surface area contributed by atoms with E-state index in [1.54, 1.807) is 11.3 Å². The zero-order valence-corrected chi connectivity index (χ0v) is 18.1. The Balaban J connectivity index is 1.91. The quantitative estimate of drug-likeness (QED) is 0.500. The van der Waals surface area contributed by atoms with Crippen molar-refractivity contribution < 1.29 is 4.79 Å². The molecule has 2 rings (SSSR count). The van der Waals surface area contributed by atoms with Crippen LogP contribution in [0.3, 0.4) is 0 Å². The highest BCUT2D eigenvalue weighted by Crippen LogP contribution is 2.11. The standard InChI is InChI=1S/C21H31N5OS/c1-5-22-21(23-13-12-19-24-14-16(4)28-19)25-15-17-8-10-18(11-9-17)20(27)26(6-2)7-3/h8-11,14H,5-7,12-13,15H2,1-4H3,(H2,22,23,25). The summed E-state index contributed by atoms with van der Waals surface area (Å²) in [7, 11) is 0. The van der Waals surface area contributed by atoms with Crippen molar-refractivity contribution in [3.05, 3.63) is 51.5 Å². The van der Waals surface area contributed by atoms with Gasteiger partial charge in [0.15, 0.2) is 5.96 Å². The first-order valence-corrected chi connectivity index (χ1v) is 10.7. The Labute approximate surface area is 172 Å². The van der Waals surface area contributed by atoms with Crippen LogP contribution in [0.15, 0.2) is 35.5 Å². The fourth-order valence-corrected chi connectivity index (χ4v) is 3.55. The summed E-state index contributed by atoms with van der Waals surface area (Å²) in [5, 5.41) is 7.75.